The normalized spacial score (nSPS) is 10.4. The molecule has 4 aromatic rings. The van der Waals surface area contributed by atoms with Crippen LogP contribution >= 0.6 is 0 Å². The fraction of sp³-hybridized carbons (Fsp3) is 0.0769. The smallest absolute Gasteiger partial charge is 0.262 e. The number of nitrogens with one attached hydrogen (secondary N) is 1. The molecule has 0 aliphatic carbocycles. The van der Waals surface area contributed by atoms with Crippen molar-refractivity contribution in [2.75, 3.05) is 19.0 Å². The molecule has 0 fully saturated rings. The summed E-state index contributed by atoms with van der Waals surface area (Å²) >= 11 is 0. The summed E-state index contributed by atoms with van der Waals surface area (Å²) in [5.41, 5.74) is 4.14. The third-order valence-corrected chi connectivity index (χ3v) is 4.69. The van der Waals surface area contributed by atoms with Crippen LogP contribution < -0.4 is 14.8 Å². The lowest BCUT2D eigenvalue weighted by atomic mass is 10.1. The van der Waals surface area contributed by atoms with Crippen molar-refractivity contribution in [3.8, 4) is 34.0 Å². The topological polar surface area (TPSA) is 60.5 Å². The highest BCUT2D eigenvalue weighted by Gasteiger charge is 2.09. The van der Waals surface area contributed by atoms with Crippen molar-refractivity contribution in [2.24, 2.45) is 0 Å². The van der Waals surface area contributed by atoms with Gasteiger partial charge in [0.2, 0.25) is 0 Å². The molecule has 0 saturated heterocycles. The van der Waals surface area contributed by atoms with Gasteiger partial charge in [0.25, 0.3) is 5.91 Å². The van der Waals surface area contributed by atoms with E-state index in [0.29, 0.717) is 11.4 Å². The van der Waals surface area contributed by atoms with Gasteiger partial charge in [0.05, 0.1) is 18.5 Å². The van der Waals surface area contributed by atoms with Crippen molar-refractivity contribution in [1.82, 2.24) is 4.98 Å². The highest BCUT2D eigenvalue weighted by molar-refractivity contribution is 5.92. The molecule has 5 nitrogen and oxygen atoms in total. The Morgan fingerprint density at radius 2 is 1.58 bits per heavy atom. The van der Waals surface area contributed by atoms with Crippen LogP contribution in [-0.2, 0) is 4.79 Å². The highest BCUT2D eigenvalue weighted by atomic mass is 16.5. The zero-order valence-electron chi connectivity index (χ0n) is 17.1. The lowest BCUT2D eigenvalue weighted by molar-refractivity contribution is -0.118. The number of para-hydroxylation sites is 2. The zero-order valence-corrected chi connectivity index (χ0v) is 17.1. The molecule has 0 spiro atoms. The molecular formula is C26H22N2O3. The van der Waals surface area contributed by atoms with Crippen LogP contribution in [0.1, 0.15) is 0 Å². The van der Waals surface area contributed by atoms with E-state index in [2.05, 4.69) is 5.32 Å². The number of methoxy groups -OCH3 is 1. The number of hydrogen-bond donors (Lipinski definition) is 1. The molecule has 1 heterocycles. The van der Waals surface area contributed by atoms with Gasteiger partial charge in [-0.3, -0.25) is 4.79 Å². The number of carbonyl (C=O) groups excluding carboxylic acids is 1. The lowest BCUT2D eigenvalue weighted by Crippen LogP contribution is -2.20. The van der Waals surface area contributed by atoms with E-state index in [4.69, 9.17) is 14.5 Å². The molecule has 0 aliphatic rings. The highest BCUT2D eigenvalue weighted by Crippen LogP contribution is 2.30. The first-order chi connectivity index (χ1) is 15.2. The van der Waals surface area contributed by atoms with Crippen molar-refractivity contribution in [2.45, 2.75) is 0 Å². The maximum Gasteiger partial charge on any atom is 0.262 e. The lowest BCUT2D eigenvalue weighted by Gasteiger charge is -2.11. The Bertz CT molecular complexity index is 1180. The minimum Gasteiger partial charge on any atom is -0.496 e. The molecule has 0 radical (unpaired) electrons. The Morgan fingerprint density at radius 3 is 2.42 bits per heavy atom. The van der Waals surface area contributed by atoms with Gasteiger partial charge in [0.1, 0.15) is 11.5 Å². The average molecular weight is 410 g/mol. The van der Waals surface area contributed by atoms with Crippen LogP contribution in [0.3, 0.4) is 0 Å². The van der Waals surface area contributed by atoms with Crippen molar-refractivity contribution < 1.29 is 14.3 Å². The van der Waals surface area contributed by atoms with Gasteiger partial charge in [0, 0.05) is 16.8 Å². The van der Waals surface area contributed by atoms with Gasteiger partial charge < -0.3 is 14.8 Å². The molecule has 31 heavy (non-hydrogen) atoms. The second kappa shape index (κ2) is 9.59. The minimum atomic E-state index is -0.225. The molecule has 0 unspecified atom stereocenters. The van der Waals surface area contributed by atoms with Crippen LogP contribution in [0.15, 0.2) is 97.1 Å². The van der Waals surface area contributed by atoms with Gasteiger partial charge in [-0.25, -0.2) is 4.98 Å². The summed E-state index contributed by atoms with van der Waals surface area (Å²) in [6.45, 7) is -0.0597. The molecule has 1 N–H and O–H groups in total. The molecule has 0 atom stereocenters. The summed E-state index contributed by atoms with van der Waals surface area (Å²) in [6, 6.07) is 30.5. The van der Waals surface area contributed by atoms with Gasteiger partial charge in [-0.15, -0.1) is 0 Å². The molecule has 0 bridgehead atoms. The number of pyridine rings is 1. The molecule has 4 rings (SSSR count). The number of anilines is 1. The van der Waals surface area contributed by atoms with Crippen LogP contribution in [0.2, 0.25) is 0 Å². The largest absolute Gasteiger partial charge is 0.496 e. The molecule has 1 aromatic heterocycles. The number of aromatic nitrogens is 1. The van der Waals surface area contributed by atoms with E-state index >= 15 is 0 Å². The van der Waals surface area contributed by atoms with E-state index in [1.807, 2.05) is 97.1 Å². The van der Waals surface area contributed by atoms with Crippen molar-refractivity contribution in [3.63, 3.8) is 0 Å². The summed E-state index contributed by atoms with van der Waals surface area (Å²) in [5, 5.41) is 2.88. The number of nitrogens with zero attached hydrogens (tertiary/aromatic N) is 1. The fourth-order valence-electron chi connectivity index (χ4n) is 3.22. The van der Waals surface area contributed by atoms with E-state index < -0.39 is 0 Å². The predicted molar refractivity (Wildman–Crippen MR) is 122 cm³/mol. The number of benzene rings is 3. The number of ether oxygens (including phenoxy) is 2. The molecule has 5 heteroatoms. The molecular weight excluding hydrogens is 388 g/mol. The Hall–Kier alpha value is -4.12. The molecule has 1 amide bonds. The van der Waals surface area contributed by atoms with Gasteiger partial charge in [0.15, 0.2) is 6.61 Å². The monoisotopic (exact) mass is 410 g/mol. The summed E-state index contributed by atoms with van der Waals surface area (Å²) in [4.78, 5) is 17.1. The minimum absolute atomic E-state index is 0.0597. The Balaban J connectivity index is 1.50. The molecule has 0 aliphatic heterocycles. The first kappa shape index (κ1) is 20.2. The van der Waals surface area contributed by atoms with E-state index in [1.165, 1.54) is 0 Å². The van der Waals surface area contributed by atoms with Crippen molar-refractivity contribution >= 4 is 11.6 Å². The SMILES string of the molecule is COc1ccccc1-c1cccc(-c2cccc(NC(=O)COc3ccccc3)c2)n1. The van der Waals surface area contributed by atoms with Gasteiger partial charge in [-0.2, -0.15) is 0 Å². The van der Waals surface area contributed by atoms with Crippen molar-refractivity contribution in [3.05, 3.63) is 97.1 Å². The van der Waals surface area contributed by atoms with Gasteiger partial charge in [-0.05, 0) is 48.5 Å². The Morgan fingerprint density at radius 1 is 0.839 bits per heavy atom. The molecule has 3 aromatic carbocycles. The number of carbonyl (C=O) groups is 1. The fourth-order valence-corrected chi connectivity index (χ4v) is 3.22. The first-order valence-electron chi connectivity index (χ1n) is 9.91. The standard InChI is InChI=1S/C26H22N2O3/c1-30-25-16-6-5-13-22(25)24-15-8-14-23(28-24)19-9-7-10-20(17-19)27-26(29)18-31-21-11-3-2-4-12-21/h2-17H,18H2,1H3,(H,27,29). The van der Waals surface area contributed by atoms with Crippen LogP contribution in [0.4, 0.5) is 5.69 Å². The average Bonchev–Trinajstić information content (AvgIpc) is 2.83. The van der Waals surface area contributed by atoms with Crippen LogP contribution in [0.5, 0.6) is 11.5 Å². The number of hydrogen-bond acceptors (Lipinski definition) is 4. The second-order valence-electron chi connectivity index (χ2n) is 6.84. The quantitative estimate of drug-likeness (QED) is 0.441. The Labute approximate surface area is 181 Å². The predicted octanol–water partition coefficient (Wildman–Crippen LogP) is 5.44. The number of rotatable bonds is 7. The maximum absolute atomic E-state index is 12.3. The third-order valence-electron chi connectivity index (χ3n) is 4.69. The molecule has 154 valence electrons. The van der Waals surface area contributed by atoms with E-state index in [9.17, 15) is 4.79 Å². The van der Waals surface area contributed by atoms with Crippen LogP contribution in [0.25, 0.3) is 22.5 Å². The summed E-state index contributed by atoms with van der Waals surface area (Å²) < 4.78 is 11.0. The number of amides is 1. The van der Waals surface area contributed by atoms with Crippen molar-refractivity contribution in [1.29, 1.82) is 0 Å². The van der Waals surface area contributed by atoms with Gasteiger partial charge in [-0.1, -0.05) is 48.5 Å². The van der Waals surface area contributed by atoms with E-state index in [0.717, 1.165) is 28.3 Å². The summed E-state index contributed by atoms with van der Waals surface area (Å²) in [5.74, 6) is 1.20. The van der Waals surface area contributed by atoms with E-state index in [1.54, 1.807) is 7.11 Å². The molecule has 0 saturated carbocycles. The summed E-state index contributed by atoms with van der Waals surface area (Å²) in [6.07, 6.45) is 0. The van der Waals surface area contributed by atoms with E-state index in [-0.39, 0.29) is 12.5 Å². The second-order valence-corrected chi connectivity index (χ2v) is 6.84. The maximum atomic E-state index is 12.3. The summed E-state index contributed by atoms with van der Waals surface area (Å²) in [7, 11) is 1.65. The van der Waals surface area contributed by atoms with Crippen LogP contribution in [-0.4, -0.2) is 24.6 Å². The first-order valence-corrected chi connectivity index (χ1v) is 9.91. The zero-order chi connectivity index (χ0) is 21.5. The third kappa shape index (κ3) is 5.08. The van der Waals surface area contributed by atoms with Gasteiger partial charge >= 0.3 is 0 Å². The van der Waals surface area contributed by atoms with Crippen LogP contribution in [0, 0.1) is 0 Å². The Kier molecular flexibility index (Phi) is 6.24.